The molecule has 1 atom stereocenters. The summed E-state index contributed by atoms with van der Waals surface area (Å²) in [5.41, 5.74) is 2.44. The number of aryl methyl sites for hydroxylation is 2. The number of nitrogens with zero attached hydrogens (tertiary/aromatic N) is 5. The Morgan fingerprint density at radius 3 is 2.78 bits per heavy atom. The standard InChI is InChI=1S/C16H23N5OS/c1-9(2)21-10(3)14(18-19-21)16(22)20(5)13-8-6-7-12-15(13)23-11(4)17-12/h9,13H,6-8H2,1-5H3. The zero-order chi connectivity index (χ0) is 16.7. The lowest BCUT2D eigenvalue weighted by Gasteiger charge is -2.30. The number of hydrogen-bond donors (Lipinski definition) is 0. The third kappa shape index (κ3) is 2.78. The minimum Gasteiger partial charge on any atom is -0.332 e. The van der Waals surface area contributed by atoms with Crippen LogP contribution < -0.4 is 0 Å². The smallest absolute Gasteiger partial charge is 0.276 e. The van der Waals surface area contributed by atoms with Crippen molar-refractivity contribution in [2.45, 2.75) is 59.0 Å². The summed E-state index contributed by atoms with van der Waals surface area (Å²) in [5.74, 6) is -0.0571. The molecule has 1 amide bonds. The molecule has 124 valence electrons. The van der Waals surface area contributed by atoms with Gasteiger partial charge in [0.2, 0.25) is 0 Å². The van der Waals surface area contributed by atoms with Crippen LogP contribution in [0.25, 0.3) is 0 Å². The van der Waals surface area contributed by atoms with E-state index in [4.69, 9.17) is 0 Å². The average Bonchev–Trinajstić information content (AvgIpc) is 3.07. The van der Waals surface area contributed by atoms with Gasteiger partial charge >= 0.3 is 0 Å². The average molecular weight is 333 g/mol. The SMILES string of the molecule is Cc1nc2c(s1)C(N(C)C(=O)c1nnn(C(C)C)c1C)CCC2. The second-order valence-corrected chi connectivity index (χ2v) is 7.66. The van der Waals surface area contributed by atoms with Gasteiger partial charge in [0, 0.05) is 13.1 Å². The van der Waals surface area contributed by atoms with Gasteiger partial charge in [-0.2, -0.15) is 0 Å². The fraction of sp³-hybridized carbons (Fsp3) is 0.625. The van der Waals surface area contributed by atoms with Crippen molar-refractivity contribution < 1.29 is 4.79 Å². The molecule has 6 nitrogen and oxygen atoms in total. The van der Waals surface area contributed by atoms with Crippen molar-refractivity contribution in [2.24, 2.45) is 0 Å². The molecule has 0 aromatic carbocycles. The highest BCUT2D eigenvalue weighted by atomic mass is 32.1. The third-order valence-electron chi connectivity index (χ3n) is 4.44. The second-order valence-electron chi connectivity index (χ2n) is 6.43. The topological polar surface area (TPSA) is 63.9 Å². The molecular formula is C16H23N5OS. The van der Waals surface area contributed by atoms with E-state index >= 15 is 0 Å². The van der Waals surface area contributed by atoms with E-state index in [0.717, 1.165) is 35.7 Å². The first-order valence-corrected chi connectivity index (χ1v) is 8.87. The van der Waals surface area contributed by atoms with E-state index in [-0.39, 0.29) is 18.0 Å². The Labute approximate surface area is 140 Å². The Kier molecular flexibility index (Phi) is 4.23. The van der Waals surface area contributed by atoms with Gasteiger partial charge in [-0.3, -0.25) is 4.79 Å². The maximum Gasteiger partial charge on any atom is 0.276 e. The van der Waals surface area contributed by atoms with Crippen LogP contribution in [0.1, 0.15) is 70.5 Å². The molecular weight excluding hydrogens is 310 g/mol. The van der Waals surface area contributed by atoms with Gasteiger partial charge in [-0.25, -0.2) is 9.67 Å². The molecule has 1 unspecified atom stereocenters. The first kappa shape index (κ1) is 16.1. The summed E-state index contributed by atoms with van der Waals surface area (Å²) < 4.78 is 1.80. The summed E-state index contributed by atoms with van der Waals surface area (Å²) in [7, 11) is 1.87. The molecule has 2 aromatic rings. The Hall–Kier alpha value is -1.76. The molecule has 1 aliphatic carbocycles. The molecule has 0 saturated carbocycles. The fourth-order valence-corrected chi connectivity index (χ4v) is 4.38. The van der Waals surface area contributed by atoms with Gasteiger partial charge in [0.1, 0.15) is 0 Å². The lowest BCUT2D eigenvalue weighted by atomic mass is 9.97. The zero-order valence-corrected chi connectivity index (χ0v) is 15.1. The van der Waals surface area contributed by atoms with E-state index in [0.29, 0.717) is 5.69 Å². The van der Waals surface area contributed by atoms with Crippen molar-refractivity contribution in [1.82, 2.24) is 24.9 Å². The highest BCUT2D eigenvalue weighted by Crippen LogP contribution is 2.37. The number of fused-ring (bicyclic) bond motifs is 1. The quantitative estimate of drug-likeness (QED) is 0.866. The molecule has 2 heterocycles. The highest BCUT2D eigenvalue weighted by molar-refractivity contribution is 7.11. The van der Waals surface area contributed by atoms with Crippen LogP contribution in [0.5, 0.6) is 0 Å². The minimum atomic E-state index is -0.0571. The summed E-state index contributed by atoms with van der Waals surface area (Å²) in [6.07, 6.45) is 3.06. The van der Waals surface area contributed by atoms with Gasteiger partial charge in [-0.15, -0.1) is 16.4 Å². The lowest BCUT2D eigenvalue weighted by Crippen LogP contribution is -2.33. The Morgan fingerprint density at radius 1 is 1.39 bits per heavy atom. The third-order valence-corrected chi connectivity index (χ3v) is 5.55. The fourth-order valence-electron chi connectivity index (χ4n) is 3.23. The van der Waals surface area contributed by atoms with Crippen molar-refractivity contribution in [3.05, 3.63) is 27.0 Å². The predicted molar refractivity (Wildman–Crippen MR) is 89.8 cm³/mol. The van der Waals surface area contributed by atoms with Crippen LogP contribution in [0.2, 0.25) is 0 Å². The molecule has 0 radical (unpaired) electrons. The number of hydrogen-bond acceptors (Lipinski definition) is 5. The lowest BCUT2D eigenvalue weighted by molar-refractivity contribution is 0.0711. The molecule has 7 heteroatoms. The Bertz CT molecular complexity index is 733. The summed E-state index contributed by atoms with van der Waals surface area (Å²) in [6.45, 7) is 8.00. The van der Waals surface area contributed by atoms with Crippen molar-refractivity contribution in [3.8, 4) is 0 Å². The number of amides is 1. The summed E-state index contributed by atoms with van der Waals surface area (Å²) in [5, 5.41) is 9.32. The predicted octanol–water partition coefficient (Wildman–Crippen LogP) is 3.08. The number of carbonyl (C=O) groups excluding carboxylic acids is 1. The number of thiazole rings is 1. The normalized spacial score (nSPS) is 17.4. The molecule has 0 spiro atoms. The van der Waals surface area contributed by atoms with Crippen LogP contribution >= 0.6 is 11.3 Å². The first-order valence-electron chi connectivity index (χ1n) is 8.05. The molecule has 0 fully saturated rings. The van der Waals surface area contributed by atoms with E-state index in [1.54, 1.807) is 16.0 Å². The second kappa shape index (κ2) is 6.03. The summed E-state index contributed by atoms with van der Waals surface area (Å²) >= 11 is 1.71. The van der Waals surface area contributed by atoms with E-state index < -0.39 is 0 Å². The number of rotatable bonds is 3. The van der Waals surface area contributed by atoms with Gasteiger partial charge in [-0.05, 0) is 47.0 Å². The van der Waals surface area contributed by atoms with Crippen LogP contribution in [0.3, 0.4) is 0 Å². The van der Waals surface area contributed by atoms with Crippen LogP contribution in [0, 0.1) is 13.8 Å². The van der Waals surface area contributed by atoms with Crippen molar-refractivity contribution in [2.75, 3.05) is 7.05 Å². The highest BCUT2D eigenvalue weighted by Gasteiger charge is 2.32. The number of carbonyl (C=O) groups is 1. The largest absolute Gasteiger partial charge is 0.332 e. The Morgan fingerprint density at radius 2 is 2.13 bits per heavy atom. The monoisotopic (exact) mass is 333 g/mol. The molecule has 0 N–H and O–H groups in total. The molecule has 3 rings (SSSR count). The van der Waals surface area contributed by atoms with Crippen LogP contribution in [0.15, 0.2) is 0 Å². The van der Waals surface area contributed by atoms with E-state index in [9.17, 15) is 4.79 Å². The van der Waals surface area contributed by atoms with E-state index in [2.05, 4.69) is 15.3 Å². The van der Waals surface area contributed by atoms with Crippen LogP contribution in [-0.4, -0.2) is 37.8 Å². The minimum absolute atomic E-state index is 0.0571. The molecule has 0 bridgehead atoms. The molecule has 23 heavy (non-hydrogen) atoms. The first-order chi connectivity index (χ1) is 10.9. The number of aromatic nitrogens is 4. The van der Waals surface area contributed by atoms with Gasteiger partial charge < -0.3 is 4.90 Å². The van der Waals surface area contributed by atoms with Crippen LogP contribution in [-0.2, 0) is 6.42 Å². The summed E-state index contributed by atoms with van der Waals surface area (Å²) in [4.78, 5) is 20.6. The molecule has 2 aromatic heterocycles. The maximum atomic E-state index is 12.9. The molecule has 0 aliphatic heterocycles. The summed E-state index contributed by atoms with van der Waals surface area (Å²) in [6, 6.07) is 0.292. The van der Waals surface area contributed by atoms with E-state index in [1.807, 2.05) is 39.6 Å². The van der Waals surface area contributed by atoms with Crippen molar-refractivity contribution in [3.63, 3.8) is 0 Å². The van der Waals surface area contributed by atoms with Gasteiger partial charge in [0.25, 0.3) is 5.91 Å². The van der Waals surface area contributed by atoms with Crippen molar-refractivity contribution in [1.29, 1.82) is 0 Å². The van der Waals surface area contributed by atoms with Gasteiger partial charge in [0.05, 0.1) is 27.3 Å². The van der Waals surface area contributed by atoms with Crippen molar-refractivity contribution >= 4 is 17.2 Å². The van der Waals surface area contributed by atoms with Gasteiger partial charge in [-0.1, -0.05) is 5.21 Å². The maximum absolute atomic E-state index is 12.9. The van der Waals surface area contributed by atoms with Crippen LogP contribution in [0.4, 0.5) is 0 Å². The molecule has 0 saturated heterocycles. The molecule has 1 aliphatic rings. The zero-order valence-electron chi connectivity index (χ0n) is 14.3. The van der Waals surface area contributed by atoms with Gasteiger partial charge in [0.15, 0.2) is 5.69 Å². The Balaban J connectivity index is 1.89. The van der Waals surface area contributed by atoms with E-state index in [1.165, 1.54) is 4.88 Å².